The van der Waals surface area contributed by atoms with Crippen molar-refractivity contribution in [3.05, 3.63) is 83.2 Å². The van der Waals surface area contributed by atoms with E-state index >= 15 is 0 Å². The number of amides is 3. The second-order valence-electron chi connectivity index (χ2n) is 8.57. The average Bonchev–Trinajstić information content (AvgIpc) is 3.21. The summed E-state index contributed by atoms with van der Waals surface area (Å²) in [7, 11) is 3.01. The summed E-state index contributed by atoms with van der Waals surface area (Å²) >= 11 is 0. The van der Waals surface area contributed by atoms with Gasteiger partial charge < -0.3 is 19.7 Å². The molecule has 3 heterocycles. The first-order valence-corrected chi connectivity index (χ1v) is 11.7. The minimum atomic E-state index is -0.631. The number of nitrogens with one attached hydrogen (secondary N) is 1. The molecule has 5 rings (SSSR count). The molecule has 9 nitrogen and oxygen atoms in total. The van der Waals surface area contributed by atoms with Gasteiger partial charge in [-0.05, 0) is 36.2 Å². The van der Waals surface area contributed by atoms with Gasteiger partial charge in [0.1, 0.15) is 6.17 Å². The standard InChI is InChI=1S/C27H26N4O5/c1-35-21-12-11-19-23(24(21)36-2)27(34)31-20-9-4-3-8-18(20)26(33)30(25(19)31)14-6-10-22(32)29-16-17-7-5-13-28-15-17/h3-5,7-9,11-13,15,25H,6,10,14,16H2,1-2H3,(H,29,32)/t25-/m0/s1. The smallest absolute Gasteiger partial charge is 0.264 e. The maximum Gasteiger partial charge on any atom is 0.264 e. The van der Waals surface area contributed by atoms with E-state index in [-0.39, 0.29) is 24.1 Å². The Morgan fingerprint density at radius 1 is 1.03 bits per heavy atom. The number of aromatic nitrogens is 1. The quantitative estimate of drug-likeness (QED) is 0.524. The molecule has 3 aromatic rings. The first-order valence-electron chi connectivity index (χ1n) is 11.7. The van der Waals surface area contributed by atoms with Crippen LogP contribution in [0.2, 0.25) is 0 Å². The van der Waals surface area contributed by atoms with E-state index in [0.29, 0.717) is 53.4 Å². The number of anilines is 1. The number of rotatable bonds is 8. The molecule has 9 heteroatoms. The Balaban J connectivity index is 1.40. The van der Waals surface area contributed by atoms with Crippen LogP contribution in [0.4, 0.5) is 5.69 Å². The highest BCUT2D eigenvalue weighted by Gasteiger charge is 2.49. The number of carbonyl (C=O) groups is 3. The summed E-state index contributed by atoms with van der Waals surface area (Å²) in [6, 6.07) is 14.3. The van der Waals surface area contributed by atoms with Gasteiger partial charge in [0.25, 0.3) is 11.8 Å². The molecule has 2 aliphatic rings. The Morgan fingerprint density at radius 2 is 1.86 bits per heavy atom. The van der Waals surface area contributed by atoms with E-state index in [1.807, 2.05) is 12.1 Å². The molecule has 0 radical (unpaired) electrons. The highest BCUT2D eigenvalue weighted by molar-refractivity contribution is 6.18. The van der Waals surface area contributed by atoms with Crippen molar-refractivity contribution in [3.8, 4) is 11.5 Å². The number of hydrogen-bond donors (Lipinski definition) is 1. The fraction of sp³-hybridized carbons (Fsp3) is 0.259. The molecule has 0 bridgehead atoms. The molecule has 0 aliphatic carbocycles. The molecular weight excluding hydrogens is 460 g/mol. The van der Waals surface area contributed by atoms with Crippen molar-refractivity contribution in [2.75, 3.05) is 25.7 Å². The van der Waals surface area contributed by atoms with E-state index in [2.05, 4.69) is 10.3 Å². The van der Waals surface area contributed by atoms with E-state index < -0.39 is 6.17 Å². The topological polar surface area (TPSA) is 101 Å². The lowest BCUT2D eigenvalue weighted by molar-refractivity contribution is -0.121. The van der Waals surface area contributed by atoms with Crippen LogP contribution in [0, 0.1) is 0 Å². The van der Waals surface area contributed by atoms with Crippen LogP contribution in [-0.4, -0.2) is 48.4 Å². The Morgan fingerprint density at radius 3 is 2.61 bits per heavy atom. The number of carbonyl (C=O) groups excluding carboxylic acids is 3. The molecular formula is C27H26N4O5. The van der Waals surface area contributed by atoms with Crippen molar-refractivity contribution in [3.63, 3.8) is 0 Å². The van der Waals surface area contributed by atoms with Crippen LogP contribution in [0.5, 0.6) is 11.5 Å². The molecule has 0 spiro atoms. The maximum absolute atomic E-state index is 13.7. The molecule has 0 unspecified atom stereocenters. The van der Waals surface area contributed by atoms with Gasteiger partial charge in [0.2, 0.25) is 5.91 Å². The van der Waals surface area contributed by atoms with E-state index in [4.69, 9.17) is 9.47 Å². The van der Waals surface area contributed by atoms with Crippen molar-refractivity contribution in [1.29, 1.82) is 0 Å². The van der Waals surface area contributed by atoms with Gasteiger partial charge >= 0.3 is 0 Å². The van der Waals surface area contributed by atoms with Gasteiger partial charge in [0.15, 0.2) is 11.5 Å². The molecule has 1 N–H and O–H groups in total. The fourth-order valence-electron chi connectivity index (χ4n) is 4.85. The summed E-state index contributed by atoms with van der Waals surface area (Å²) < 4.78 is 11.0. The molecule has 2 aromatic carbocycles. The van der Waals surface area contributed by atoms with E-state index in [1.165, 1.54) is 14.2 Å². The highest BCUT2D eigenvalue weighted by atomic mass is 16.5. The van der Waals surface area contributed by atoms with Crippen molar-refractivity contribution in [2.45, 2.75) is 25.6 Å². The summed E-state index contributed by atoms with van der Waals surface area (Å²) in [4.78, 5) is 47.0. The van der Waals surface area contributed by atoms with Gasteiger partial charge in [-0.1, -0.05) is 24.3 Å². The average molecular weight is 487 g/mol. The van der Waals surface area contributed by atoms with Gasteiger partial charge in [-0.2, -0.15) is 0 Å². The number of methoxy groups -OCH3 is 2. The number of nitrogens with zero attached hydrogens (tertiary/aromatic N) is 3. The predicted octanol–water partition coefficient (Wildman–Crippen LogP) is 3.31. The molecule has 36 heavy (non-hydrogen) atoms. The Labute approximate surface area is 208 Å². The third-order valence-corrected chi connectivity index (χ3v) is 6.50. The number of para-hydroxylation sites is 1. The summed E-state index contributed by atoms with van der Waals surface area (Å²) in [5, 5.41) is 2.88. The number of ether oxygens (including phenoxy) is 2. The second-order valence-corrected chi connectivity index (χ2v) is 8.57. The summed E-state index contributed by atoms with van der Waals surface area (Å²) in [5.41, 5.74) is 2.96. The van der Waals surface area contributed by atoms with Crippen molar-refractivity contribution in [1.82, 2.24) is 15.2 Å². The predicted molar refractivity (Wildman–Crippen MR) is 132 cm³/mol. The molecule has 2 aliphatic heterocycles. The molecule has 0 fully saturated rings. The summed E-state index contributed by atoms with van der Waals surface area (Å²) in [6.07, 6.45) is 3.43. The van der Waals surface area contributed by atoms with Crippen LogP contribution in [-0.2, 0) is 11.3 Å². The van der Waals surface area contributed by atoms with Gasteiger partial charge in [0.05, 0.1) is 31.0 Å². The van der Waals surface area contributed by atoms with Gasteiger partial charge in [0, 0.05) is 37.5 Å². The number of benzene rings is 2. The third-order valence-electron chi connectivity index (χ3n) is 6.50. The summed E-state index contributed by atoms with van der Waals surface area (Å²) in [5.74, 6) is 0.229. The number of fused-ring (bicyclic) bond motifs is 5. The van der Waals surface area contributed by atoms with Crippen LogP contribution in [0.25, 0.3) is 0 Å². The van der Waals surface area contributed by atoms with Crippen LogP contribution in [0.1, 0.15) is 50.9 Å². The van der Waals surface area contributed by atoms with Gasteiger partial charge in [-0.3, -0.25) is 24.3 Å². The van der Waals surface area contributed by atoms with E-state index in [0.717, 1.165) is 5.56 Å². The molecule has 0 saturated carbocycles. The van der Waals surface area contributed by atoms with E-state index in [1.54, 1.807) is 58.6 Å². The minimum absolute atomic E-state index is 0.116. The van der Waals surface area contributed by atoms with Crippen molar-refractivity contribution < 1.29 is 23.9 Å². The zero-order valence-corrected chi connectivity index (χ0v) is 20.1. The molecule has 0 saturated heterocycles. The Bertz CT molecular complexity index is 1330. The van der Waals surface area contributed by atoms with Gasteiger partial charge in [-0.25, -0.2) is 0 Å². The monoisotopic (exact) mass is 486 g/mol. The minimum Gasteiger partial charge on any atom is -0.493 e. The van der Waals surface area contributed by atoms with Crippen LogP contribution >= 0.6 is 0 Å². The molecule has 1 atom stereocenters. The summed E-state index contributed by atoms with van der Waals surface area (Å²) in [6.45, 7) is 0.693. The number of pyridine rings is 1. The maximum atomic E-state index is 13.7. The SMILES string of the molecule is COc1ccc2c(c1OC)C(=O)N1c3ccccc3C(=O)N(CCCC(=O)NCc3cccnc3)[C@H]21. The normalized spacial score (nSPS) is 15.8. The zero-order valence-electron chi connectivity index (χ0n) is 20.1. The van der Waals surface area contributed by atoms with Gasteiger partial charge in [-0.15, -0.1) is 0 Å². The molecule has 184 valence electrons. The van der Waals surface area contributed by atoms with Crippen LogP contribution < -0.4 is 19.7 Å². The Hall–Kier alpha value is -4.40. The van der Waals surface area contributed by atoms with Crippen LogP contribution in [0.15, 0.2) is 60.9 Å². The zero-order chi connectivity index (χ0) is 25.2. The first-order chi connectivity index (χ1) is 17.5. The molecule has 1 aromatic heterocycles. The van der Waals surface area contributed by atoms with Crippen molar-refractivity contribution in [2.24, 2.45) is 0 Å². The lowest BCUT2D eigenvalue weighted by Gasteiger charge is -2.41. The first kappa shape index (κ1) is 23.3. The Kier molecular flexibility index (Phi) is 6.28. The lowest BCUT2D eigenvalue weighted by atomic mass is 10.0. The second kappa shape index (κ2) is 9.69. The third kappa shape index (κ3) is 3.92. The van der Waals surface area contributed by atoms with Crippen molar-refractivity contribution >= 4 is 23.4 Å². The molecule has 3 amide bonds. The van der Waals surface area contributed by atoms with E-state index in [9.17, 15) is 14.4 Å². The number of hydrogen-bond acceptors (Lipinski definition) is 6. The lowest BCUT2D eigenvalue weighted by Crippen LogP contribution is -2.48. The van der Waals surface area contributed by atoms with Crippen LogP contribution in [0.3, 0.4) is 0 Å². The highest BCUT2D eigenvalue weighted by Crippen LogP contribution is 2.49. The largest absolute Gasteiger partial charge is 0.493 e. The fourth-order valence-corrected chi connectivity index (χ4v) is 4.85.